The minimum absolute atomic E-state index is 0.0159. The number of hydrogen-bond donors (Lipinski definition) is 2. The van der Waals surface area contributed by atoms with Crippen LogP contribution in [0.25, 0.3) is 0 Å². The third-order valence-corrected chi connectivity index (χ3v) is 2.27. The number of rotatable bonds is 4. The van der Waals surface area contributed by atoms with E-state index in [4.69, 9.17) is 15.9 Å². The molecular formula is C12H10N4O3. The van der Waals surface area contributed by atoms with E-state index in [0.29, 0.717) is 11.4 Å². The average Bonchev–Trinajstić information content (AvgIpc) is 2.39. The first-order valence-corrected chi connectivity index (χ1v) is 5.30. The van der Waals surface area contributed by atoms with Crippen LogP contribution in [0, 0.1) is 15.5 Å². The number of nitrogens with zero attached hydrogens (tertiary/aromatic N) is 2. The van der Waals surface area contributed by atoms with Crippen LogP contribution in [-0.4, -0.2) is 15.7 Å². The molecule has 2 aromatic rings. The number of hydrogen-bond acceptors (Lipinski definition) is 5. The number of nitrogens with one attached hydrogen (secondary N) is 1. The molecule has 0 atom stereocenters. The summed E-state index contributed by atoms with van der Waals surface area (Å²) in [6.45, 7) is 0. The topological polar surface area (TPSA) is 115 Å². The van der Waals surface area contributed by atoms with E-state index < -0.39 is 4.92 Å². The number of benzene rings is 1. The Morgan fingerprint density at radius 1 is 1.26 bits per heavy atom. The molecule has 0 radical (unpaired) electrons. The van der Waals surface area contributed by atoms with E-state index in [2.05, 4.69) is 4.98 Å². The molecule has 0 bridgehead atoms. The van der Waals surface area contributed by atoms with Gasteiger partial charge in [-0.3, -0.25) is 15.5 Å². The summed E-state index contributed by atoms with van der Waals surface area (Å²) in [7, 11) is 0. The van der Waals surface area contributed by atoms with Gasteiger partial charge in [-0.05, 0) is 18.2 Å². The lowest BCUT2D eigenvalue weighted by Crippen LogP contribution is -2.13. The monoisotopic (exact) mass is 258 g/mol. The largest absolute Gasteiger partial charge is 0.439 e. The second-order valence-electron chi connectivity index (χ2n) is 3.63. The third kappa shape index (κ3) is 3.03. The summed E-state index contributed by atoms with van der Waals surface area (Å²) < 4.78 is 5.42. The second kappa shape index (κ2) is 5.13. The molecule has 0 aliphatic rings. The van der Waals surface area contributed by atoms with Gasteiger partial charge < -0.3 is 10.5 Å². The normalized spacial score (nSPS) is 9.89. The van der Waals surface area contributed by atoms with Gasteiger partial charge in [0.05, 0.1) is 4.92 Å². The molecule has 0 saturated carbocycles. The van der Waals surface area contributed by atoms with Crippen LogP contribution in [0.2, 0.25) is 0 Å². The van der Waals surface area contributed by atoms with Crippen LogP contribution in [-0.2, 0) is 0 Å². The molecule has 19 heavy (non-hydrogen) atoms. The number of aromatic nitrogens is 1. The van der Waals surface area contributed by atoms with Crippen molar-refractivity contribution < 1.29 is 9.66 Å². The Balaban J connectivity index is 2.19. The highest BCUT2D eigenvalue weighted by Gasteiger charge is 2.06. The number of nitrogen functional groups attached to an aromatic ring is 1. The zero-order valence-corrected chi connectivity index (χ0v) is 9.74. The molecule has 0 aliphatic heterocycles. The highest BCUT2D eigenvalue weighted by molar-refractivity contribution is 5.93. The van der Waals surface area contributed by atoms with E-state index in [1.807, 2.05) is 0 Å². The number of nitro benzene ring substituents is 1. The summed E-state index contributed by atoms with van der Waals surface area (Å²) in [6.07, 6.45) is 0. The van der Waals surface area contributed by atoms with Crippen molar-refractivity contribution in [1.29, 1.82) is 5.41 Å². The van der Waals surface area contributed by atoms with Gasteiger partial charge in [-0.25, -0.2) is 4.98 Å². The SMILES string of the molecule is N=C(N)c1cccc(Oc2ccc([N+](=O)[O-])cc2)n1. The minimum Gasteiger partial charge on any atom is -0.439 e. The molecule has 0 saturated heterocycles. The number of nitrogens with two attached hydrogens (primary N) is 1. The molecule has 3 N–H and O–H groups in total. The van der Waals surface area contributed by atoms with Gasteiger partial charge in [0.25, 0.3) is 5.69 Å². The number of ether oxygens (including phenoxy) is 1. The van der Waals surface area contributed by atoms with Crippen LogP contribution in [0.4, 0.5) is 5.69 Å². The Hall–Kier alpha value is -2.96. The maximum atomic E-state index is 10.5. The van der Waals surface area contributed by atoms with E-state index in [9.17, 15) is 10.1 Å². The van der Waals surface area contributed by atoms with Gasteiger partial charge in [-0.15, -0.1) is 0 Å². The molecule has 7 heteroatoms. The van der Waals surface area contributed by atoms with Gasteiger partial charge in [0.2, 0.25) is 5.88 Å². The molecule has 0 amide bonds. The predicted molar refractivity (Wildman–Crippen MR) is 68.4 cm³/mol. The molecule has 1 aromatic carbocycles. The number of non-ortho nitro benzene ring substituents is 1. The van der Waals surface area contributed by atoms with Crippen LogP contribution in [0.5, 0.6) is 11.6 Å². The van der Waals surface area contributed by atoms with Crippen molar-refractivity contribution in [3.8, 4) is 11.6 Å². The Bertz CT molecular complexity index is 625. The van der Waals surface area contributed by atoms with Crippen molar-refractivity contribution in [2.24, 2.45) is 5.73 Å². The first kappa shape index (κ1) is 12.5. The lowest BCUT2D eigenvalue weighted by atomic mass is 10.3. The van der Waals surface area contributed by atoms with Crippen LogP contribution in [0.15, 0.2) is 42.5 Å². The van der Waals surface area contributed by atoms with Gasteiger partial charge in [-0.2, -0.15) is 0 Å². The van der Waals surface area contributed by atoms with Crippen LogP contribution >= 0.6 is 0 Å². The third-order valence-electron chi connectivity index (χ3n) is 2.27. The average molecular weight is 258 g/mol. The molecule has 7 nitrogen and oxygen atoms in total. The van der Waals surface area contributed by atoms with E-state index in [1.165, 1.54) is 24.3 Å². The minimum atomic E-state index is -0.488. The molecule has 0 fully saturated rings. The zero-order chi connectivity index (χ0) is 13.8. The van der Waals surface area contributed by atoms with Crippen molar-refractivity contribution in [2.45, 2.75) is 0 Å². The highest BCUT2D eigenvalue weighted by atomic mass is 16.6. The summed E-state index contributed by atoms with van der Waals surface area (Å²) in [5.74, 6) is 0.523. The lowest BCUT2D eigenvalue weighted by Gasteiger charge is -2.05. The van der Waals surface area contributed by atoms with Gasteiger partial charge in [0.15, 0.2) is 0 Å². The zero-order valence-electron chi connectivity index (χ0n) is 9.74. The Labute approximate surface area is 108 Å². The van der Waals surface area contributed by atoms with Gasteiger partial charge in [0.1, 0.15) is 17.3 Å². The second-order valence-corrected chi connectivity index (χ2v) is 3.63. The van der Waals surface area contributed by atoms with Crippen molar-refractivity contribution in [1.82, 2.24) is 4.98 Å². The maximum Gasteiger partial charge on any atom is 0.269 e. The van der Waals surface area contributed by atoms with Gasteiger partial charge >= 0.3 is 0 Å². The molecular weight excluding hydrogens is 248 g/mol. The van der Waals surface area contributed by atoms with E-state index >= 15 is 0 Å². The number of amidine groups is 1. The predicted octanol–water partition coefficient (Wildman–Crippen LogP) is 2.07. The fourth-order valence-electron chi connectivity index (χ4n) is 1.38. The van der Waals surface area contributed by atoms with Crippen molar-refractivity contribution in [3.05, 3.63) is 58.3 Å². The lowest BCUT2D eigenvalue weighted by molar-refractivity contribution is -0.384. The van der Waals surface area contributed by atoms with Crippen molar-refractivity contribution in [3.63, 3.8) is 0 Å². The van der Waals surface area contributed by atoms with Gasteiger partial charge in [0, 0.05) is 18.2 Å². The van der Waals surface area contributed by atoms with Crippen LogP contribution in [0.1, 0.15) is 5.69 Å². The number of nitro groups is 1. The molecule has 2 rings (SSSR count). The molecule has 1 aromatic heterocycles. The fourth-order valence-corrected chi connectivity index (χ4v) is 1.38. The summed E-state index contributed by atoms with van der Waals surface area (Å²) in [4.78, 5) is 14.0. The van der Waals surface area contributed by atoms with Gasteiger partial charge in [-0.1, -0.05) is 6.07 Å². The highest BCUT2D eigenvalue weighted by Crippen LogP contribution is 2.22. The maximum absolute atomic E-state index is 10.5. The van der Waals surface area contributed by atoms with Crippen molar-refractivity contribution in [2.75, 3.05) is 0 Å². The summed E-state index contributed by atoms with van der Waals surface area (Å²) >= 11 is 0. The van der Waals surface area contributed by atoms with E-state index in [1.54, 1.807) is 18.2 Å². The van der Waals surface area contributed by atoms with Crippen molar-refractivity contribution >= 4 is 11.5 Å². The Morgan fingerprint density at radius 2 is 1.95 bits per heavy atom. The molecule has 0 aliphatic carbocycles. The summed E-state index contributed by atoms with van der Waals surface area (Å²) in [6, 6.07) is 10.5. The molecule has 96 valence electrons. The quantitative estimate of drug-likeness (QED) is 0.377. The Kier molecular flexibility index (Phi) is 3.37. The molecule has 0 spiro atoms. The standard InChI is InChI=1S/C12H10N4O3/c13-12(14)10-2-1-3-11(15-10)19-9-6-4-8(5-7-9)16(17)18/h1-7H,(H3,13,14). The molecule has 0 unspecified atom stereocenters. The van der Waals surface area contributed by atoms with E-state index in [0.717, 1.165) is 0 Å². The summed E-state index contributed by atoms with van der Waals surface area (Å²) in [5.41, 5.74) is 5.61. The Morgan fingerprint density at radius 3 is 2.53 bits per heavy atom. The fraction of sp³-hybridized carbons (Fsp3) is 0. The molecule has 1 heterocycles. The summed E-state index contributed by atoms with van der Waals surface area (Å²) in [5, 5.41) is 17.8. The first-order chi connectivity index (χ1) is 9.06. The smallest absolute Gasteiger partial charge is 0.269 e. The van der Waals surface area contributed by atoms with Crippen LogP contribution < -0.4 is 10.5 Å². The first-order valence-electron chi connectivity index (χ1n) is 5.30. The van der Waals surface area contributed by atoms with Crippen LogP contribution in [0.3, 0.4) is 0 Å². The van der Waals surface area contributed by atoms with E-state index in [-0.39, 0.29) is 17.4 Å². The number of pyridine rings is 1.